The lowest BCUT2D eigenvalue weighted by atomic mass is 9.35. The number of hydrogen-bond acceptors (Lipinski definition) is 3. The van der Waals surface area contributed by atoms with Crippen molar-refractivity contribution >= 4 is 5.78 Å². The largest absolute Gasteiger partial charge is 0.338 e. The standard InChI is InChI=1S/C34H36O3/c35-31-27-23-19-11-13-21(15-19)25(23)29(27)34(30-26-22-14-12-20(16-22)24(26)28(30)31)36-32(17-7-3-1-4-8-17)33(37-34)18-9-5-2-6-10-18/h1-10,19-30,32-33H,11-16H2/t19-,20-,21+,22+,23+,24+,25-,26-,27-,28-,29+,30+,32-,33-/m1/s1. The highest BCUT2D eigenvalue weighted by Crippen LogP contribution is 2.80. The van der Waals surface area contributed by atoms with Crippen LogP contribution in [0.15, 0.2) is 60.7 Å². The van der Waals surface area contributed by atoms with Gasteiger partial charge in [0.15, 0.2) is 5.79 Å². The molecule has 3 nitrogen and oxygen atoms in total. The fraction of sp³-hybridized carbons (Fsp3) is 0.618. The lowest BCUT2D eigenvalue weighted by molar-refractivity contribution is -0.361. The summed E-state index contributed by atoms with van der Waals surface area (Å²) in [6.45, 7) is 0. The number of benzene rings is 2. The zero-order valence-corrected chi connectivity index (χ0v) is 21.3. The van der Waals surface area contributed by atoms with E-state index in [1.165, 1.54) is 49.7 Å². The molecule has 4 bridgehead atoms. The average Bonchev–Trinajstić information content (AvgIpc) is 3.70. The van der Waals surface area contributed by atoms with Crippen LogP contribution >= 0.6 is 0 Å². The van der Waals surface area contributed by atoms with Crippen molar-refractivity contribution in [3.05, 3.63) is 71.8 Å². The molecule has 8 aliphatic rings. The second-order valence-corrected chi connectivity index (χ2v) is 14.1. The number of carbonyl (C=O) groups is 1. The molecule has 3 heteroatoms. The summed E-state index contributed by atoms with van der Waals surface area (Å²) in [7, 11) is 0. The van der Waals surface area contributed by atoms with Crippen molar-refractivity contribution in [2.75, 3.05) is 0 Å². The van der Waals surface area contributed by atoms with Crippen LogP contribution in [-0.4, -0.2) is 11.6 Å². The number of fused-ring (bicyclic) bond motifs is 18. The van der Waals surface area contributed by atoms with E-state index in [2.05, 4.69) is 60.7 Å². The molecule has 0 aromatic heterocycles. The molecule has 2 aromatic carbocycles. The maximum Gasteiger partial charge on any atom is 0.177 e. The van der Waals surface area contributed by atoms with E-state index in [0.717, 1.165) is 23.7 Å². The van der Waals surface area contributed by atoms with E-state index in [0.29, 0.717) is 29.5 Å². The third-order valence-corrected chi connectivity index (χ3v) is 13.3. The van der Waals surface area contributed by atoms with Crippen LogP contribution in [0, 0.1) is 71.0 Å². The van der Waals surface area contributed by atoms with E-state index < -0.39 is 5.79 Å². The van der Waals surface area contributed by atoms with Crippen molar-refractivity contribution in [2.24, 2.45) is 71.0 Å². The number of ketones is 1. The van der Waals surface area contributed by atoms with Crippen LogP contribution in [-0.2, 0) is 14.3 Å². The van der Waals surface area contributed by atoms with Crippen LogP contribution in [0.5, 0.6) is 0 Å². The third-order valence-electron chi connectivity index (χ3n) is 13.3. The number of ether oxygens (including phenoxy) is 2. The minimum Gasteiger partial charge on any atom is -0.338 e. The van der Waals surface area contributed by atoms with E-state index in [9.17, 15) is 4.79 Å². The molecule has 7 aliphatic carbocycles. The fourth-order valence-electron chi connectivity index (χ4n) is 12.4. The van der Waals surface area contributed by atoms with Crippen molar-refractivity contribution in [1.82, 2.24) is 0 Å². The molecule has 10 rings (SSSR count). The Hall–Kier alpha value is -1.97. The van der Waals surface area contributed by atoms with Crippen LogP contribution in [0.2, 0.25) is 0 Å². The highest BCUT2D eigenvalue weighted by atomic mass is 16.8. The average molecular weight is 493 g/mol. The molecule has 0 radical (unpaired) electrons. The van der Waals surface area contributed by atoms with Gasteiger partial charge in [-0.25, -0.2) is 0 Å². The monoisotopic (exact) mass is 492 g/mol. The Balaban J connectivity index is 1.15. The van der Waals surface area contributed by atoms with Crippen molar-refractivity contribution in [1.29, 1.82) is 0 Å². The summed E-state index contributed by atoms with van der Waals surface area (Å²) in [6, 6.07) is 21.6. The molecule has 1 heterocycles. The lowest BCUT2D eigenvalue weighted by Crippen LogP contribution is -2.77. The Morgan fingerprint density at radius 2 is 0.973 bits per heavy atom. The van der Waals surface area contributed by atoms with E-state index in [-0.39, 0.29) is 35.9 Å². The topological polar surface area (TPSA) is 35.5 Å². The predicted octanol–water partition coefficient (Wildman–Crippen LogP) is 6.61. The zero-order valence-electron chi connectivity index (χ0n) is 21.3. The normalized spacial score (nSPS) is 52.8. The third kappa shape index (κ3) is 2.34. The van der Waals surface area contributed by atoms with E-state index in [4.69, 9.17) is 9.47 Å². The van der Waals surface area contributed by atoms with Crippen molar-refractivity contribution in [3.8, 4) is 0 Å². The minimum absolute atomic E-state index is 0.117. The van der Waals surface area contributed by atoms with Crippen molar-refractivity contribution in [3.63, 3.8) is 0 Å². The molecule has 37 heavy (non-hydrogen) atoms. The van der Waals surface area contributed by atoms with Gasteiger partial charge in [0, 0.05) is 23.7 Å². The van der Waals surface area contributed by atoms with E-state index in [1.807, 2.05) is 0 Å². The molecule has 14 atom stereocenters. The first-order valence-electron chi connectivity index (χ1n) is 15.2. The van der Waals surface area contributed by atoms with Gasteiger partial charge in [0.1, 0.15) is 18.0 Å². The lowest BCUT2D eigenvalue weighted by Gasteiger charge is -2.71. The van der Waals surface area contributed by atoms with Crippen molar-refractivity contribution in [2.45, 2.75) is 56.5 Å². The van der Waals surface area contributed by atoms with Crippen LogP contribution in [0.4, 0.5) is 0 Å². The fourth-order valence-corrected chi connectivity index (χ4v) is 12.4. The SMILES string of the molecule is O=C1[C@@H]2[C@H]3[C@@H]4CC[C@@H](C4)[C@H]3[C@@H]2C2(O[C@H](c3ccccc3)[C@@H](c3ccccc3)O2)[C@@H]2[C@H]1[C@H]1[C@@H]3CC[C@@H](C3)[C@H]12. The zero-order chi connectivity index (χ0) is 24.0. The number of hydrogen-bond donors (Lipinski definition) is 0. The Morgan fingerprint density at radius 1 is 0.568 bits per heavy atom. The summed E-state index contributed by atoms with van der Waals surface area (Å²) < 4.78 is 15.0. The molecule has 0 amide bonds. The maximum absolute atomic E-state index is 14.4. The van der Waals surface area contributed by atoms with Crippen LogP contribution < -0.4 is 0 Å². The first-order chi connectivity index (χ1) is 18.2. The first-order valence-corrected chi connectivity index (χ1v) is 15.2. The summed E-state index contributed by atoms with van der Waals surface area (Å²) in [5, 5.41) is 0. The summed E-state index contributed by atoms with van der Waals surface area (Å²) in [5.74, 6) is 6.59. The molecule has 7 saturated carbocycles. The summed E-state index contributed by atoms with van der Waals surface area (Å²) in [5.41, 5.74) is 2.43. The number of Topliss-reactive ketones (excluding diaryl/α,β-unsaturated/α-hetero) is 1. The highest BCUT2D eigenvalue weighted by molar-refractivity contribution is 5.89. The Labute approximate surface area is 219 Å². The van der Waals surface area contributed by atoms with Gasteiger partial charge < -0.3 is 9.47 Å². The first kappa shape index (κ1) is 20.9. The minimum atomic E-state index is -0.596. The Bertz CT molecular complexity index is 1170. The second-order valence-electron chi connectivity index (χ2n) is 14.1. The quantitative estimate of drug-likeness (QED) is 0.473. The molecule has 0 unspecified atom stereocenters. The van der Waals surface area contributed by atoms with Gasteiger partial charge in [-0.2, -0.15) is 0 Å². The maximum atomic E-state index is 14.4. The molecule has 190 valence electrons. The van der Waals surface area contributed by atoms with E-state index in [1.54, 1.807) is 0 Å². The summed E-state index contributed by atoms with van der Waals surface area (Å²) in [6.07, 6.45) is 7.87. The van der Waals surface area contributed by atoms with Gasteiger partial charge in [-0.05, 0) is 97.0 Å². The molecule has 1 saturated heterocycles. The summed E-state index contributed by atoms with van der Waals surface area (Å²) in [4.78, 5) is 14.4. The molecule has 2 aromatic rings. The smallest absolute Gasteiger partial charge is 0.177 e. The molecule has 0 N–H and O–H groups in total. The van der Waals surface area contributed by atoms with Gasteiger partial charge in [-0.3, -0.25) is 4.79 Å². The molecule has 1 aliphatic heterocycles. The van der Waals surface area contributed by atoms with Gasteiger partial charge >= 0.3 is 0 Å². The second kappa shape index (κ2) is 6.96. The molecular weight excluding hydrogens is 456 g/mol. The van der Waals surface area contributed by atoms with Crippen LogP contribution in [0.3, 0.4) is 0 Å². The molecular formula is C34H36O3. The van der Waals surface area contributed by atoms with Crippen LogP contribution in [0.25, 0.3) is 0 Å². The Morgan fingerprint density at radius 3 is 1.41 bits per heavy atom. The molecule has 1 spiro atoms. The van der Waals surface area contributed by atoms with Gasteiger partial charge in [-0.15, -0.1) is 0 Å². The van der Waals surface area contributed by atoms with Gasteiger partial charge in [0.2, 0.25) is 0 Å². The summed E-state index contributed by atoms with van der Waals surface area (Å²) >= 11 is 0. The van der Waals surface area contributed by atoms with Gasteiger partial charge in [-0.1, -0.05) is 60.7 Å². The number of carbonyl (C=O) groups excluding carboxylic acids is 1. The van der Waals surface area contributed by atoms with Crippen LogP contribution in [0.1, 0.15) is 61.9 Å². The van der Waals surface area contributed by atoms with Crippen molar-refractivity contribution < 1.29 is 14.3 Å². The number of rotatable bonds is 2. The Kier molecular flexibility index (Phi) is 3.94. The van der Waals surface area contributed by atoms with Gasteiger partial charge in [0.25, 0.3) is 0 Å². The van der Waals surface area contributed by atoms with Gasteiger partial charge in [0.05, 0.1) is 0 Å². The van der Waals surface area contributed by atoms with E-state index >= 15 is 0 Å². The molecule has 8 fully saturated rings. The highest BCUT2D eigenvalue weighted by Gasteiger charge is 2.83. The predicted molar refractivity (Wildman–Crippen MR) is 138 cm³/mol.